The Balaban J connectivity index is -0.00000146. The van der Waals surface area contributed by atoms with Crippen molar-refractivity contribution in [2.45, 2.75) is 194 Å². The first kappa shape index (κ1) is 56.1. The fraction of sp³-hybridized carbons (Fsp3) is 1.00. The van der Waals surface area contributed by atoms with E-state index in [-0.39, 0.29) is 79.1 Å². The Bertz CT molecular complexity index is 707. The van der Waals surface area contributed by atoms with E-state index in [9.17, 15) is 14.8 Å². The van der Waals surface area contributed by atoms with Gasteiger partial charge in [0, 0.05) is 13.1 Å². The van der Waals surface area contributed by atoms with Gasteiger partial charge >= 0.3 is 67.0 Å². The molecule has 0 aromatic heterocycles. The van der Waals surface area contributed by atoms with Crippen molar-refractivity contribution in [3.8, 4) is 0 Å². The van der Waals surface area contributed by atoms with E-state index in [1.54, 1.807) is 0 Å². The van der Waals surface area contributed by atoms with Gasteiger partial charge in [-0.1, -0.05) is 181 Å². The molecule has 0 aliphatic carbocycles. The number of aliphatic hydroxyl groups excluding tert-OH is 2. The Morgan fingerprint density at radius 2 is 0.680 bits per heavy atom. The van der Waals surface area contributed by atoms with Crippen LogP contribution in [0.15, 0.2) is 0 Å². The molecule has 0 bridgehead atoms. The summed E-state index contributed by atoms with van der Waals surface area (Å²) in [6, 6.07) is 0. The maximum atomic E-state index is 13.4. The van der Waals surface area contributed by atoms with Crippen LogP contribution in [-0.2, 0) is 22.8 Å². The van der Waals surface area contributed by atoms with Crippen molar-refractivity contribution in [1.82, 2.24) is 5.06 Å². The normalized spacial score (nSPS) is 11.8. The summed E-state index contributed by atoms with van der Waals surface area (Å²) >= 11 is 0. The third-order valence-electron chi connectivity index (χ3n) is 8.41. The van der Waals surface area contributed by atoms with E-state index in [0.717, 1.165) is 38.5 Å². The van der Waals surface area contributed by atoms with Crippen LogP contribution in [-0.4, -0.2) is 69.5 Å². The van der Waals surface area contributed by atoms with E-state index in [4.69, 9.17) is 32.9 Å². The maximum Gasteiger partial charge on any atom is 1.00 e. The molecule has 14 heteroatoms. The third-order valence-corrected chi connectivity index (χ3v) is 9.84. The quantitative estimate of drug-likeness (QED) is 0.0182. The summed E-state index contributed by atoms with van der Waals surface area (Å²) in [6.45, 7) is 5.11. The zero-order valence-electron chi connectivity index (χ0n) is 33.7. The van der Waals surface area contributed by atoms with E-state index >= 15 is 0 Å². The predicted molar refractivity (Wildman–Crippen MR) is 202 cm³/mol. The minimum absolute atomic E-state index is 0. The molecule has 300 valence electrons. The summed E-state index contributed by atoms with van der Waals surface area (Å²) in [5.74, 6) is 0. The van der Waals surface area contributed by atoms with Gasteiger partial charge in [-0.05, 0) is 12.8 Å². The fourth-order valence-corrected chi connectivity index (χ4v) is 6.91. The third kappa shape index (κ3) is 49.7. The van der Waals surface area contributed by atoms with Crippen LogP contribution in [0.2, 0.25) is 0 Å². The molecule has 50 heavy (non-hydrogen) atoms. The van der Waals surface area contributed by atoms with Crippen molar-refractivity contribution in [3.05, 3.63) is 0 Å². The van der Waals surface area contributed by atoms with Gasteiger partial charge in [0.05, 0.1) is 26.4 Å². The van der Waals surface area contributed by atoms with Crippen LogP contribution in [0, 0.1) is 0 Å². The van der Waals surface area contributed by atoms with E-state index < -0.39 is 15.6 Å². The van der Waals surface area contributed by atoms with E-state index in [1.807, 2.05) is 0 Å². The molecule has 0 saturated heterocycles. The fourth-order valence-electron chi connectivity index (χ4n) is 5.59. The van der Waals surface area contributed by atoms with Crippen LogP contribution in [0.5, 0.6) is 0 Å². The molecule has 0 atom stereocenters. The second-order valence-corrected chi connectivity index (χ2v) is 15.9. The Kier molecular flexibility index (Phi) is 48.7. The van der Waals surface area contributed by atoms with Crippen LogP contribution < -0.4 is 51.4 Å². The number of hydrogen-bond donors (Lipinski definition) is 5. The molecular weight excluding hydrogens is 707 g/mol. The topological polar surface area (TPSA) is 166 Å². The number of nitrogens with zero attached hydrogens (tertiary/aromatic N) is 1. The van der Waals surface area contributed by atoms with Gasteiger partial charge in [0.1, 0.15) is 0 Å². The Morgan fingerprint density at radius 3 is 0.900 bits per heavy atom. The van der Waals surface area contributed by atoms with Gasteiger partial charge in [-0.3, -0.25) is 9.05 Å². The molecule has 0 heterocycles. The average molecular weight is 788 g/mol. The van der Waals surface area contributed by atoms with Crippen molar-refractivity contribution < 1.29 is 101 Å². The molecule has 0 radical (unpaired) electrons. The van der Waals surface area contributed by atoms with Crippen molar-refractivity contribution in [1.29, 1.82) is 0 Å². The minimum atomic E-state index is -4.64. The van der Waals surface area contributed by atoms with Crippen LogP contribution in [0.1, 0.15) is 195 Å². The summed E-state index contributed by atoms with van der Waals surface area (Å²) < 4.78 is 39.2. The number of phosphoric ester groups is 1. The first-order chi connectivity index (χ1) is 23.6. The molecule has 0 aromatic rings. The van der Waals surface area contributed by atoms with Crippen LogP contribution in [0.3, 0.4) is 0 Å². The summed E-state index contributed by atoms with van der Waals surface area (Å²) in [5, 5.41) is 19.9. The molecule has 5 N–H and O–H groups in total. The minimum Gasteiger partial charge on any atom is -1.00 e. The van der Waals surface area contributed by atoms with Crippen LogP contribution in [0.4, 0.5) is 0 Å². The number of rotatable bonds is 38. The SMILES string of the molecule is CCCCCCCCCCCCCCCCOP(=O)(OCCCCCCCCCCCCCCCC)ON(CCO)CCO.O=P(O)(O)O.[H-].[K+]. The first-order valence-electron chi connectivity index (χ1n) is 20.0. The molecule has 11 nitrogen and oxygen atoms in total. The molecule has 0 spiro atoms. The standard InChI is InChI=1S/C36H76NO6P.K.H3O4P.H/c1-3-5-7-9-11-13-15-17-19-21-23-25-27-29-35-41-44(40,43-37(31-33-38)32-34-39)42-36-30-28-26-24-22-20-18-16-14-12-10-8-6-4-2;;1-5(2,3)4;/h38-39H,3-36H2,1-2H3;;(H3,1,2,3,4);/q;+1;;-1. The van der Waals surface area contributed by atoms with Gasteiger partial charge < -0.3 is 26.3 Å². The molecule has 0 aliphatic rings. The maximum absolute atomic E-state index is 13.4. The predicted octanol–water partition coefficient (Wildman–Crippen LogP) is 7.50. The Hall–Kier alpha value is 1.74. The van der Waals surface area contributed by atoms with Gasteiger partial charge in [-0.15, -0.1) is 0 Å². The van der Waals surface area contributed by atoms with Crippen molar-refractivity contribution >= 4 is 15.6 Å². The van der Waals surface area contributed by atoms with Crippen molar-refractivity contribution in [2.24, 2.45) is 0 Å². The number of hydrogen-bond acceptors (Lipinski definition) is 8. The monoisotopic (exact) mass is 787 g/mol. The Labute approximate surface area is 351 Å². The van der Waals surface area contributed by atoms with Gasteiger partial charge in [-0.2, -0.15) is 9.69 Å². The van der Waals surface area contributed by atoms with Crippen LogP contribution >= 0.6 is 15.6 Å². The molecule has 0 amide bonds. The number of unbranched alkanes of at least 4 members (excludes halogenated alkanes) is 26. The molecule has 0 aromatic carbocycles. The average Bonchev–Trinajstić information content (AvgIpc) is 3.04. The molecule has 0 rings (SSSR count). The molecular formula is C36H80KNO10P2. The molecule has 0 unspecified atom stereocenters. The zero-order chi connectivity index (χ0) is 36.7. The van der Waals surface area contributed by atoms with Gasteiger partial charge in [-0.25, -0.2) is 9.13 Å². The summed E-state index contributed by atoms with van der Waals surface area (Å²) in [5.41, 5.74) is 0. The molecule has 0 aliphatic heterocycles. The zero-order valence-corrected chi connectivity index (χ0v) is 37.6. The Morgan fingerprint density at radius 1 is 0.460 bits per heavy atom. The van der Waals surface area contributed by atoms with Crippen molar-refractivity contribution in [3.63, 3.8) is 0 Å². The van der Waals surface area contributed by atoms with E-state index in [0.29, 0.717) is 13.2 Å². The first-order valence-corrected chi connectivity index (χ1v) is 23.0. The summed E-state index contributed by atoms with van der Waals surface area (Å²) in [4.78, 5) is 21.6. The molecule has 0 saturated carbocycles. The summed E-state index contributed by atoms with van der Waals surface area (Å²) in [7, 11) is -8.44. The number of phosphoric acid groups is 2. The number of aliphatic hydroxyl groups is 2. The van der Waals surface area contributed by atoms with Crippen molar-refractivity contribution in [2.75, 3.05) is 39.5 Å². The van der Waals surface area contributed by atoms with Gasteiger partial charge in [0.25, 0.3) is 0 Å². The second kappa shape index (κ2) is 43.5. The summed E-state index contributed by atoms with van der Waals surface area (Å²) in [6.07, 6.45) is 35.8. The van der Waals surface area contributed by atoms with Gasteiger partial charge in [0.15, 0.2) is 0 Å². The number of hydroxylamine groups is 2. The largest absolute Gasteiger partial charge is 1.00 e. The van der Waals surface area contributed by atoms with Gasteiger partial charge in [0.2, 0.25) is 0 Å². The van der Waals surface area contributed by atoms with E-state index in [2.05, 4.69) is 13.8 Å². The molecule has 0 fully saturated rings. The smallest absolute Gasteiger partial charge is 1.00 e. The second-order valence-electron chi connectivity index (χ2n) is 13.3. The van der Waals surface area contributed by atoms with E-state index in [1.165, 1.54) is 146 Å². The van der Waals surface area contributed by atoms with Crippen LogP contribution in [0.25, 0.3) is 0 Å².